The van der Waals surface area contributed by atoms with Gasteiger partial charge in [0.05, 0.1) is 13.2 Å². The first-order chi connectivity index (χ1) is 12.2. The van der Waals surface area contributed by atoms with Gasteiger partial charge in [0.15, 0.2) is 0 Å². The van der Waals surface area contributed by atoms with Crippen LogP contribution in [0.4, 0.5) is 0 Å². The van der Waals surface area contributed by atoms with Gasteiger partial charge in [0.1, 0.15) is 5.56 Å². The summed E-state index contributed by atoms with van der Waals surface area (Å²) in [5.74, 6) is 0.387. The van der Waals surface area contributed by atoms with Crippen LogP contribution in [-0.4, -0.2) is 58.3 Å². The Morgan fingerprint density at radius 1 is 1.20 bits per heavy atom. The van der Waals surface area contributed by atoms with Gasteiger partial charge >= 0.3 is 0 Å². The fourth-order valence-corrected chi connectivity index (χ4v) is 3.70. The topological polar surface area (TPSA) is 50.6 Å². The number of amides is 1. The lowest BCUT2D eigenvalue weighted by Gasteiger charge is -2.42. The van der Waals surface area contributed by atoms with Gasteiger partial charge in [-0.05, 0) is 18.4 Å². The molecule has 1 unspecified atom stereocenters. The minimum Gasteiger partial charge on any atom is -0.479 e. The van der Waals surface area contributed by atoms with E-state index in [0.29, 0.717) is 17.5 Å². The quantitative estimate of drug-likeness (QED) is 0.855. The highest BCUT2D eigenvalue weighted by Crippen LogP contribution is 2.34. The van der Waals surface area contributed by atoms with Crippen LogP contribution >= 0.6 is 0 Å². The summed E-state index contributed by atoms with van der Waals surface area (Å²) in [6, 6.07) is 11.1. The van der Waals surface area contributed by atoms with Crippen molar-refractivity contribution in [3.05, 3.63) is 47.7 Å². The summed E-state index contributed by atoms with van der Waals surface area (Å²) in [4.78, 5) is 17.8. The molecule has 0 bridgehead atoms. The summed E-state index contributed by atoms with van der Waals surface area (Å²) in [6.45, 7) is 2.55. The normalized spacial score (nSPS) is 21.4. The first-order valence-corrected chi connectivity index (χ1v) is 8.85. The second kappa shape index (κ2) is 6.52. The van der Waals surface area contributed by atoms with E-state index >= 15 is 0 Å². The van der Waals surface area contributed by atoms with Gasteiger partial charge in [0, 0.05) is 38.9 Å². The van der Waals surface area contributed by atoms with Crippen molar-refractivity contribution in [3.63, 3.8) is 0 Å². The zero-order valence-electron chi connectivity index (χ0n) is 14.8. The van der Waals surface area contributed by atoms with Crippen LogP contribution in [0.5, 0.6) is 5.88 Å². The Balaban J connectivity index is 1.64. The highest BCUT2D eigenvalue weighted by atomic mass is 16.5. The number of aryl methyl sites for hydroxylation is 1. The lowest BCUT2D eigenvalue weighted by Crippen LogP contribution is -2.51. The maximum atomic E-state index is 13.2. The van der Waals surface area contributed by atoms with Crippen molar-refractivity contribution in [1.29, 1.82) is 0 Å². The average molecular weight is 340 g/mol. The van der Waals surface area contributed by atoms with E-state index in [1.807, 2.05) is 23.1 Å². The number of piperazine rings is 1. The Hall–Kier alpha value is -2.34. The molecule has 1 atom stereocenters. The van der Waals surface area contributed by atoms with Crippen molar-refractivity contribution in [3.8, 4) is 5.88 Å². The van der Waals surface area contributed by atoms with E-state index in [4.69, 9.17) is 4.74 Å². The van der Waals surface area contributed by atoms with E-state index < -0.39 is 0 Å². The monoisotopic (exact) mass is 340 g/mol. The molecule has 25 heavy (non-hydrogen) atoms. The molecule has 1 aromatic heterocycles. The summed E-state index contributed by atoms with van der Waals surface area (Å²) in [7, 11) is 3.36. The molecule has 2 aromatic rings. The van der Waals surface area contributed by atoms with Crippen LogP contribution in [0.3, 0.4) is 0 Å². The summed E-state index contributed by atoms with van der Waals surface area (Å²) < 4.78 is 6.93. The number of carbonyl (C=O) groups is 1. The minimum absolute atomic E-state index is 0.00532. The molecule has 1 aliphatic carbocycles. The molecular weight excluding hydrogens is 316 g/mol. The molecule has 0 spiro atoms. The Labute approximate surface area is 148 Å². The van der Waals surface area contributed by atoms with Crippen molar-refractivity contribution in [1.82, 2.24) is 19.6 Å². The third kappa shape index (κ3) is 3.14. The van der Waals surface area contributed by atoms with Gasteiger partial charge in [-0.3, -0.25) is 14.4 Å². The van der Waals surface area contributed by atoms with E-state index in [9.17, 15) is 4.79 Å². The molecule has 1 aromatic carbocycles. The van der Waals surface area contributed by atoms with Gasteiger partial charge in [-0.1, -0.05) is 30.3 Å². The number of aromatic nitrogens is 2. The van der Waals surface area contributed by atoms with Crippen LogP contribution < -0.4 is 4.74 Å². The minimum atomic E-state index is -0.00532. The molecule has 6 nitrogen and oxygen atoms in total. The summed E-state index contributed by atoms with van der Waals surface area (Å²) in [5.41, 5.74) is 1.72. The number of methoxy groups -OCH3 is 1. The third-order valence-electron chi connectivity index (χ3n) is 5.14. The molecule has 0 N–H and O–H groups in total. The highest BCUT2D eigenvalue weighted by Gasteiger charge is 2.38. The van der Waals surface area contributed by atoms with Gasteiger partial charge in [0.25, 0.3) is 5.91 Å². The second-order valence-corrected chi connectivity index (χ2v) is 6.88. The number of ether oxygens (including phenoxy) is 1. The Morgan fingerprint density at radius 3 is 2.64 bits per heavy atom. The summed E-state index contributed by atoms with van der Waals surface area (Å²) in [5, 5.41) is 4.23. The maximum Gasteiger partial charge on any atom is 0.261 e. The number of rotatable bonds is 4. The van der Waals surface area contributed by atoms with Gasteiger partial charge in [-0.2, -0.15) is 0 Å². The van der Waals surface area contributed by atoms with E-state index in [2.05, 4.69) is 22.1 Å². The largest absolute Gasteiger partial charge is 0.479 e. The lowest BCUT2D eigenvalue weighted by atomic mass is 10.0. The van der Waals surface area contributed by atoms with Crippen LogP contribution in [0.1, 0.15) is 34.8 Å². The smallest absolute Gasteiger partial charge is 0.261 e. The van der Waals surface area contributed by atoms with Gasteiger partial charge in [-0.25, -0.2) is 0 Å². The van der Waals surface area contributed by atoms with Crippen LogP contribution in [0.25, 0.3) is 0 Å². The van der Waals surface area contributed by atoms with Crippen molar-refractivity contribution in [2.75, 3.05) is 26.7 Å². The molecule has 4 rings (SSSR count). The van der Waals surface area contributed by atoms with E-state index in [-0.39, 0.29) is 11.9 Å². The predicted octanol–water partition coefficient (Wildman–Crippen LogP) is 2.09. The molecule has 2 heterocycles. The predicted molar refractivity (Wildman–Crippen MR) is 94.6 cm³/mol. The third-order valence-corrected chi connectivity index (χ3v) is 5.14. The highest BCUT2D eigenvalue weighted by molar-refractivity contribution is 5.96. The Morgan fingerprint density at radius 2 is 1.96 bits per heavy atom. The van der Waals surface area contributed by atoms with Gasteiger partial charge in [-0.15, -0.1) is 5.10 Å². The Bertz CT molecular complexity index is 754. The molecule has 2 aliphatic rings. The van der Waals surface area contributed by atoms with Crippen molar-refractivity contribution in [2.24, 2.45) is 7.05 Å². The zero-order chi connectivity index (χ0) is 17.4. The van der Waals surface area contributed by atoms with Gasteiger partial charge < -0.3 is 9.64 Å². The fourth-order valence-electron chi connectivity index (χ4n) is 3.70. The van der Waals surface area contributed by atoms with Crippen molar-refractivity contribution < 1.29 is 9.53 Å². The molecule has 132 valence electrons. The SMILES string of the molecule is COc1nn(C)cc1C(=O)N1CCN(C2CC2)CC1c1ccccc1. The molecule has 6 heteroatoms. The van der Waals surface area contributed by atoms with Gasteiger partial charge in [0.2, 0.25) is 5.88 Å². The van der Waals surface area contributed by atoms with Crippen LogP contribution in [0.15, 0.2) is 36.5 Å². The van der Waals surface area contributed by atoms with Crippen molar-refractivity contribution >= 4 is 5.91 Å². The van der Waals surface area contributed by atoms with E-state index in [0.717, 1.165) is 19.6 Å². The number of nitrogens with zero attached hydrogens (tertiary/aromatic N) is 4. The van der Waals surface area contributed by atoms with Crippen LogP contribution in [-0.2, 0) is 7.05 Å². The number of carbonyl (C=O) groups excluding carboxylic acids is 1. The molecule has 0 radical (unpaired) electrons. The molecule has 1 saturated carbocycles. The molecule has 1 aliphatic heterocycles. The van der Waals surface area contributed by atoms with E-state index in [1.165, 1.54) is 18.4 Å². The van der Waals surface area contributed by atoms with Crippen LogP contribution in [0, 0.1) is 0 Å². The molecular formula is C19H24N4O2. The lowest BCUT2D eigenvalue weighted by molar-refractivity contribution is 0.0430. The molecule has 1 saturated heterocycles. The van der Waals surface area contributed by atoms with E-state index in [1.54, 1.807) is 25.0 Å². The first-order valence-electron chi connectivity index (χ1n) is 8.85. The number of hydrogen-bond acceptors (Lipinski definition) is 4. The molecule has 1 amide bonds. The zero-order valence-corrected chi connectivity index (χ0v) is 14.8. The van der Waals surface area contributed by atoms with Crippen LogP contribution in [0.2, 0.25) is 0 Å². The first kappa shape index (κ1) is 16.1. The average Bonchev–Trinajstić information content (AvgIpc) is 3.43. The summed E-state index contributed by atoms with van der Waals surface area (Å²) >= 11 is 0. The van der Waals surface area contributed by atoms with Crippen molar-refractivity contribution in [2.45, 2.75) is 24.9 Å². The summed E-state index contributed by atoms with van der Waals surface area (Å²) in [6.07, 6.45) is 4.31. The maximum absolute atomic E-state index is 13.2. The standard InChI is InChI=1S/C19H24N4O2/c1-21-12-16(18(20-21)25-2)19(24)23-11-10-22(15-8-9-15)13-17(23)14-6-4-3-5-7-14/h3-7,12,15,17H,8-11,13H2,1-2H3. The second-order valence-electron chi connectivity index (χ2n) is 6.88. The molecule has 2 fully saturated rings. The number of hydrogen-bond donors (Lipinski definition) is 0. The number of benzene rings is 1. The Kier molecular flexibility index (Phi) is 4.21. The fraction of sp³-hybridized carbons (Fsp3) is 0.474.